The van der Waals surface area contributed by atoms with Gasteiger partial charge in [0, 0.05) is 34.1 Å². The van der Waals surface area contributed by atoms with Crippen LogP contribution in [0.25, 0.3) is 23.0 Å². The van der Waals surface area contributed by atoms with Crippen LogP contribution in [0.1, 0.15) is 99.0 Å². The van der Waals surface area contributed by atoms with Crippen LogP contribution in [0.4, 0.5) is 0 Å². The van der Waals surface area contributed by atoms with Crippen molar-refractivity contribution >= 4 is 17.4 Å². The number of carbonyl (C=O) groups excluding carboxylic acids is 1. The van der Waals surface area contributed by atoms with Gasteiger partial charge in [-0.3, -0.25) is 4.79 Å². The highest BCUT2D eigenvalue weighted by Crippen LogP contribution is 2.44. The van der Waals surface area contributed by atoms with Crippen molar-refractivity contribution in [2.45, 2.75) is 87.5 Å². The summed E-state index contributed by atoms with van der Waals surface area (Å²) in [5, 5.41) is 12.4. The molecule has 5 rings (SSSR count). The van der Waals surface area contributed by atoms with E-state index >= 15 is 0 Å². The molecule has 0 spiro atoms. The Hall–Kier alpha value is -4.32. The maximum Gasteiger partial charge on any atom is 0.203 e. The maximum atomic E-state index is 13.7. The van der Waals surface area contributed by atoms with Crippen molar-refractivity contribution in [2.75, 3.05) is 19.7 Å². The number of ketones is 1. The Labute approximate surface area is 286 Å². The molecule has 4 aliphatic rings. The van der Waals surface area contributed by atoms with Crippen LogP contribution in [0.15, 0.2) is 81.7 Å². The molecule has 0 amide bonds. The first-order valence-electron chi connectivity index (χ1n) is 17.4. The Balaban J connectivity index is 1.57. The van der Waals surface area contributed by atoms with E-state index in [1.165, 1.54) is 0 Å². The van der Waals surface area contributed by atoms with Gasteiger partial charge in [-0.05, 0) is 73.4 Å². The van der Waals surface area contributed by atoms with Gasteiger partial charge in [-0.1, -0.05) is 68.2 Å². The van der Waals surface area contributed by atoms with Gasteiger partial charge < -0.3 is 19.0 Å². The van der Waals surface area contributed by atoms with E-state index in [4.69, 9.17) is 13.9 Å². The van der Waals surface area contributed by atoms with Gasteiger partial charge in [0.2, 0.25) is 11.1 Å². The Morgan fingerprint density at radius 3 is 2.17 bits per heavy atom. The lowest BCUT2D eigenvalue weighted by Gasteiger charge is -2.29. The van der Waals surface area contributed by atoms with E-state index in [-0.39, 0.29) is 27.9 Å². The number of hydrogen-bond donors (Lipinski definition) is 1. The molecule has 1 aromatic rings. The second-order valence-electron chi connectivity index (χ2n) is 14.9. The minimum Gasteiger partial charge on any atom is -0.506 e. The van der Waals surface area contributed by atoms with Crippen LogP contribution in [0.5, 0.6) is 11.5 Å². The standard InChI is InChI=1S/C42H51NO5/c1-11-26(12-2)25-46-30-16-18-32-28(22-38(42(8,9)10)48-36(32)24-30)20-34-39(44)33(40(34)45)19-27-21-37(41(5,6)7)47-35-23-29(15-17-31(27)35)43(13-3)14-4/h15-24,26H,11-14,25H2,1-10H3/p+1. The van der Waals surface area contributed by atoms with Crippen molar-refractivity contribution in [1.29, 1.82) is 0 Å². The molecule has 1 aromatic carbocycles. The van der Waals surface area contributed by atoms with Gasteiger partial charge in [0.1, 0.15) is 47.6 Å². The summed E-state index contributed by atoms with van der Waals surface area (Å²) in [6.07, 6.45) is 7.67. The fourth-order valence-electron chi connectivity index (χ4n) is 6.01. The predicted octanol–water partition coefficient (Wildman–Crippen LogP) is 9.49. The third-order valence-corrected chi connectivity index (χ3v) is 9.40. The number of fused-ring (bicyclic) bond motifs is 2. The zero-order valence-corrected chi connectivity index (χ0v) is 30.4. The number of allylic oxidation sites excluding steroid dienone is 6. The smallest absolute Gasteiger partial charge is 0.203 e. The van der Waals surface area contributed by atoms with Crippen molar-refractivity contribution in [2.24, 2.45) is 11.3 Å². The highest BCUT2D eigenvalue weighted by molar-refractivity contribution is 6.24. The van der Waals surface area contributed by atoms with Gasteiger partial charge in [-0.15, -0.1) is 0 Å². The topological polar surface area (TPSA) is 71.9 Å². The third-order valence-electron chi connectivity index (χ3n) is 9.40. The summed E-state index contributed by atoms with van der Waals surface area (Å²) < 4.78 is 21.2. The van der Waals surface area contributed by atoms with E-state index in [2.05, 4.69) is 85.9 Å². The fraction of sp³-hybridized carbons (Fsp3) is 0.429. The normalized spacial score (nSPS) is 16.7. The summed E-state index contributed by atoms with van der Waals surface area (Å²) in [4.78, 5) is 13.7. The van der Waals surface area contributed by atoms with E-state index in [0.29, 0.717) is 23.8 Å². The molecular formula is C42H52NO5+. The first-order valence-corrected chi connectivity index (χ1v) is 17.4. The lowest BCUT2D eigenvalue weighted by atomic mass is 9.82. The molecule has 2 aliphatic heterocycles. The quantitative estimate of drug-likeness (QED) is 0.185. The molecule has 0 fully saturated rings. The maximum absolute atomic E-state index is 13.7. The number of rotatable bonds is 9. The molecule has 6 heteroatoms. The van der Waals surface area contributed by atoms with E-state index in [1.807, 2.05) is 36.4 Å². The summed E-state index contributed by atoms with van der Waals surface area (Å²) in [7, 11) is 0. The SMILES string of the molecule is CCC(CC)COc1ccc2c(c1)OC(C(C)(C)C)=CC2=CC1=C(O)C(=Cc2cc(C(C)(C)C)oc3cc(=[N+](CC)CC)ccc2-3)C1=O. The molecule has 0 aromatic heterocycles. The van der Waals surface area contributed by atoms with Crippen LogP contribution in [0.3, 0.4) is 0 Å². The number of hydrogen-bond acceptors (Lipinski definition) is 5. The number of aliphatic hydroxyl groups is 1. The summed E-state index contributed by atoms with van der Waals surface area (Å²) in [5.41, 5.74) is 3.42. The Kier molecular flexibility index (Phi) is 9.96. The molecule has 6 nitrogen and oxygen atoms in total. The average Bonchev–Trinajstić information content (AvgIpc) is 3.05. The minimum atomic E-state index is -0.274. The number of benzene rings is 2. The highest BCUT2D eigenvalue weighted by atomic mass is 16.5. The van der Waals surface area contributed by atoms with Crippen LogP contribution in [-0.4, -0.2) is 30.6 Å². The molecule has 0 atom stereocenters. The Morgan fingerprint density at radius 2 is 1.56 bits per heavy atom. The Bertz CT molecular complexity index is 1870. The van der Waals surface area contributed by atoms with Gasteiger partial charge >= 0.3 is 0 Å². The minimum absolute atomic E-state index is 0.0117. The highest BCUT2D eigenvalue weighted by Gasteiger charge is 2.35. The molecule has 48 heavy (non-hydrogen) atoms. The molecule has 0 radical (unpaired) electrons. The molecule has 254 valence electrons. The molecule has 0 saturated carbocycles. The first-order chi connectivity index (χ1) is 22.7. The van der Waals surface area contributed by atoms with E-state index < -0.39 is 0 Å². The molecule has 2 heterocycles. The van der Waals surface area contributed by atoms with E-state index in [1.54, 1.807) is 12.2 Å². The van der Waals surface area contributed by atoms with Crippen LogP contribution in [0.2, 0.25) is 0 Å². The monoisotopic (exact) mass is 650 g/mol. The van der Waals surface area contributed by atoms with Crippen LogP contribution >= 0.6 is 0 Å². The van der Waals surface area contributed by atoms with E-state index in [0.717, 1.165) is 76.6 Å². The van der Waals surface area contributed by atoms with Gasteiger partial charge in [-0.25, -0.2) is 4.58 Å². The molecule has 0 unspecified atom stereocenters. The summed E-state index contributed by atoms with van der Waals surface area (Å²) in [6, 6.07) is 14.0. The first kappa shape index (κ1) is 35.0. The molecule has 0 saturated heterocycles. The fourth-order valence-corrected chi connectivity index (χ4v) is 6.01. The van der Waals surface area contributed by atoms with Crippen LogP contribution in [-0.2, 0) is 10.2 Å². The van der Waals surface area contributed by atoms with Crippen molar-refractivity contribution in [3.63, 3.8) is 0 Å². The van der Waals surface area contributed by atoms with Crippen molar-refractivity contribution < 1.29 is 23.8 Å². The average molecular weight is 651 g/mol. The molecule has 2 aliphatic carbocycles. The molecular weight excluding hydrogens is 598 g/mol. The van der Waals surface area contributed by atoms with Gasteiger partial charge in [-0.2, -0.15) is 0 Å². The Morgan fingerprint density at radius 1 is 0.875 bits per heavy atom. The van der Waals surface area contributed by atoms with Gasteiger partial charge in [0.15, 0.2) is 0 Å². The zero-order chi connectivity index (χ0) is 35.0. The molecule has 0 bridgehead atoms. The number of ether oxygens (including phenoxy) is 2. The number of nitrogens with zero attached hydrogens (tertiary/aromatic N) is 1. The van der Waals surface area contributed by atoms with Crippen LogP contribution in [0, 0.1) is 11.3 Å². The van der Waals surface area contributed by atoms with E-state index in [9.17, 15) is 9.90 Å². The predicted molar refractivity (Wildman–Crippen MR) is 195 cm³/mol. The largest absolute Gasteiger partial charge is 0.506 e. The number of carbonyl (C=O) groups is 1. The van der Waals surface area contributed by atoms with Gasteiger partial charge in [0.05, 0.1) is 23.8 Å². The van der Waals surface area contributed by atoms with Crippen LogP contribution < -0.4 is 19.4 Å². The number of Topliss-reactive ketones (excluding diaryl/α,β-unsaturated/α-hetero) is 1. The lowest BCUT2D eigenvalue weighted by molar-refractivity contribution is -0.113. The van der Waals surface area contributed by atoms with Crippen molar-refractivity contribution in [3.05, 3.63) is 99.5 Å². The number of aliphatic hydroxyl groups excluding tert-OH is 1. The van der Waals surface area contributed by atoms with Gasteiger partial charge in [0.25, 0.3) is 0 Å². The third kappa shape index (κ3) is 7.08. The lowest BCUT2D eigenvalue weighted by Crippen LogP contribution is -2.29. The summed E-state index contributed by atoms with van der Waals surface area (Å²) in [5.74, 6) is 4.05. The zero-order valence-electron chi connectivity index (χ0n) is 30.4. The van der Waals surface area contributed by atoms with Crippen molar-refractivity contribution in [3.8, 4) is 22.8 Å². The second-order valence-corrected chi connectivity index (χ2v) is 14.9. The van der Waals surface area contributed by atoms with Crippen molar-refractivity contribution in [1.82, 2.24) is 4.58 Å². The summed E-state index contributed by atoms with van der Waals surface area (Å²) in [6.45, 7) is 23.7. The second kappa shape index (κ2) is 13.7. The molecule has 1 N–H and O–H groups in total. The summed E-state index contributed by atoms with van der Waals surface area (Å²) >= 11 is 0.